The molecule has 2 aromatic carbocycles. The zero-order chi connectivity index (χ0) is 32.9. The summed E-state index contributed by atoms with van der Waals surface area (Å²) in [5, 5.41) is 0. The Balaban J connectivity index is 1.54. The number of methoxy groups -OCH3 is 1. The molecule has 2 heterocycles. The Morgan fingerprint density at radius 3 is 2.13 bits per heavy atom. The monoisotopic (exact) mass is 640 g/mol. The minimum absolute atomic E-state index is 0.0520. The summed E-state index contributed by atoms with van der Waals surface area (Å²) in [7, 11) is 4.71. The Hall–Kier alpha value is -3.94. The van der Waals surface area contributed by atoms with Crippen LogP contribution in [0, 0.1) is 0 Å². The first-order valence-corrected chi connectivity index (χ1v) is 14.1. The first-order valence-electron chi connectivity index (χ1n) is 14.1. The van der Waals surface area contributed by atoms with E-state index in [1.165, 1.54) is 12.0 Å². The molecular formula is C31H31F7N4O3. The third kappa shape index (κ3) is 6.16. The van der Waals surface area contributed by atoms with Gasteiger partial charge in [0, 0.05) is 38.9 Å². The summed E-state index contributed by atoms with van der Waals surface area (Å²) in [6, 6.07) is 8.24. The van der Waals surface area contributed by atoms with Gasteiger partial charge in [0.25, 0.3) is 0 Å². The average Bonchev–Trinajstić information content (AvgIpc) is 3.27. The number of carbonyl (C=O) groups is 1. The molecule has 45 heavy (non-hydrogen) atoms. The Bertz CT molecular complexity index is 1520. The second-order valence-electron chi connectivity index (χ2n) is 11.6. The van der Waals surface area contributed by atoms with Crippen LogP contribution in [0.4, 0.5) is 41.5 Å². The molecule has 2 aliphatic rings. The first-order chi connectivity index (χ1) is 21.0. The summed E-state index contributed by atoms with van der Waals surface area (Å²) in [5.74, 6) is -0.224. The molecule has 2 fully saturated rings. The lowest BCUT2D eigenvalue weighted by atomic mass is 9.70. The van der Waals surface area contributed by atoms with Crippen LogP contribution in [0.2, 0.25) is 0 Å². The number of anilines is 1. The summed E-state index contributed by atoms with van der Waals surface area (Å²) >= 11 is 0. The molecule has 7 nitrogen and oxygen atoms in total. The number of carbonyl (C=O) groups excluding carboxylic acids is 1. The zero-order valence-corrected chi connectivity index (χ0v) is 24.8. The summed E-state index contributed by atoms with van der Waals surface area (Å²) in [6.07, 6.45) is -11.1. The normalized spacial score (nSPS) is 19.3. The van der Waals surface area contributed by atoms with Crippen LogP contribution < -0.4 is 4.90 Å². The Morgan fingerprint density at radius 2 is 1.64 bits per heavy atom. The Morgan fingerprint density at radius 1 is 1.04 bits per heavy atom. The predicted octanol–water partition coefficient (Wildman–Crippen LogP) is 7.91. The maximum Gasteiger partial charge on any atom is 0.416 e. The van der Waals surface area contributed by atoms with Crippen LogP contribution >= 0.6 is 0 Å². The van der Waals surface area contributed by atoms with E-state index in [4.69, 9.17) is 9.47 Å². The van der Waals surface area contributed by atoms with Crippen molar-refractivity contribution in [1.82, 2.24) is 14.9 Å². The number of hydrogen-bond donors (Lipinski definition) is 0. The van der Waals surface area contributed by atoms with Crippen LogP contribution in [0.3, 0.4) is 0 Å². The molecule has 1 spiro atoms. The van der Waals surface area contributed by atoms with Gasteiger partial charge in [-0.05, 0) is 54.2 Å². The van der Waals surface area contributed by atoms with Crippen molar-refractivity contribution in [3.05, 3.63) is 76.6 Å². The standard InChI is InChI=1S/C31H31F7N4O3/c1-17(26(32)44-4)18-6-8-19(9-7-18)23-15-39-27(41(2)3)40-24(23)16-42-28(43)45-25(29(42)10-5-11-29)20-12-21(30(33,34)35)14-22(13-20)31(36,37)38/h6-9,12-15,17,25-26H,5,10-11,16H2,1-4H3. The topological polar surface area (TPSA) is 67.8 Å². The van der Waals surface area contributed by atoms with Gasteiger partial charge in [0.15, 0.2) is 6.10 Å². The highest BCUT2D eigenvalue weighted by Crippen LogP contribution is 2.54. The molecule has 0 radical (unpaired) electrons. The lowest BCUT2D eigenvalue weighted by Crippen LogP contribution is -2.53. The highest BCUT2D eigenvalue weighted by Gasteiger charge is 2.59. The molecule has 5 rings (SSSR count). The fourth-order valence-corrected chi connectivity index (χ4v) is 5.85. The second kappa shape index (κ2) is 11.8. The third-order valence-electron chi connectivity index (χ3n) is 8.53. The van der Waals surface area contributed by atoms with Gasteiger partial charge in [-0.15, -0.1) is 0 Å². The largest absolute Gasteiger partial charge is 0.439 e. The van der Waals surface area contributed by atoms with E-state index in [-0.39, 0.29) is 18.2 Å². The summed E-state index contributed by atoms with van der Waals surface area (Å²) in [4.78, 5) is 25.4. The van der Waals surface area contributed by atoms with Crippen LogP contribution in [0.15, 0.2) is 48.7 Å². The van der Waals surface area contributed by atoms with E-state index >= 15 is 0 Å². The number of rotatable bonds is 8. The molecule has 3 aromatic rings. The summed E-state index contributed by atoms with van der Waals surface area (Å²) in [6.45, 7) is 1.53. The van der Waals surface area contributed by atoms with Gasteiger partial charge in [0.2, 0.25) is 12.3 Å². The lowest BCUT2D eigenvalue weighted by Gasteiger charge is -2.46. The van der Waals surface area contributed by atoms with Gasteiger partial charge in [0.05, 0.1) is 28.9 Å². The van der Waals surface area contributed by atoms with Crippen molar-refractivity contribution in [2.24, 2.45) is 0 Å². The van der Waals surface area contributed by atoms with Crippen molar-refractivity contribution < 1.29 is 45.0 Å². The van der Waals surface area contributed by atoms with E-state index in [2.05, 4.69) is 9.97 Å². The molecule has 0 N–H and O–H groups in total. The molecule has 3 atom stereocenters. The van der Waals surface area contributed by atoms with Gasteiger partial charge in [-0.3, -0.25) is 4.90 Å². The van der Waals surface area contributed by atoms with Gasteiger partial charge in [-0.25, -0.2) is 19.2 Å². The fourth-order valence-electron chi connectivity index (χ4n) is 5.85. The van der Waals surface area contributed by atoms with Crippen LogP contribution in [0.5, 0.6) is 0 Å². The van der Waals surface area contributed by atoms with E-state index in [9.17, 15) is 35.5 Å². The number of aromatic nitrogens is 2. The van der Waals surface area contributed by atoms with Crippen molar-refractivity contribution in [2.75, 3.05) is 26.1 Å². The molecule has 1 aromatic heterocycles. The molecule has 1 aliphatic heterocycles. The van der Waals surface area contributed by atoms with Crippen LogP contribution in [0.25, 0.3) is 11.1 Å². The zero-order valence-electron chi connectivity index (χ0n) is 24.8. The molecule has 3 unspecified atom stereocenters. The first kappa shape index (κ1) is 32.5. The van der Waals surface area contributed by atoms with Gasteiger partial charge in [-0.2, -0.15) is 26.3 Å². The minimum Gasteiger partial charge on any atom is -0.439 e. The van der Waals surface area contributed by atoms with Crippen LogP contribution in [-0.2, 0) is 28.4 Å². The van der Waals surface area contributed by atoms with Gasteiger partial charge < -0.3 is 14.4 Å². The van der Waals surface area contributed by atoms with Gasteiger partial charge in [-0.1, -0.05) is 31.2 Å². The number of cyclic esters (lactones) is 1. The number of alkyl halides is 7. The van der Waals surface area contributed by atoms with Crippen molar-refractivity contribution in [1.29, 1.82) is 0 Å². The van der Waals surface area contributed by atoms with Gasteiger partial charge in [0.1, 0.15) is 0 Å². The maximum atomic E-state index is 14.1. The number of halogens is 7. The molecule has 1 saturated heterocycles. The third-order valence-corrected chi connectivity index (χ3v) is 8.53. The van der Waals surface area contributed by atoms with E-state index in [0.717, 1.165) is 0 Å². The minimum atomic E-state index is -5.05. The lowest BCUT2D eigenvalue weighted by molar-refractivity contribution is -0.143. The smallest absolute Gasteiger partial charge is 0.416 e. The highest BCUT2D eigenvalue weighted by molar-refractivity contribution is 5.74. The van der Waals surface area contributed by atoms with Gasteiger partial charge >= 0.3 is 18.4 Å². The number of benzene rings is 2. The van der Waals surface area contributed by atoms with Crippen molar-refractivity contribution in [3.8, 4) is 11.1 Å². The molecule has 0 bridgehead atoms. The molecule has 242 valence electrons. The van der Waals surface area contributed by atoms with Crippen molar-refractivity contribution in [3.63, 3.8) is 0 Å². The molecule has 1 amide bonds. The quantitative estimate of drug-likeness (QED) is 0.233. The van der Waals surface area contributed by atoms with Crippen LogP contribution in [-0.4, -0.2) is 54.1 Å². The summed E-state index contributed by atoms with van der Waals surface area (Å²) < 4.78 is 106. The maximum absolute atomic E-state index is 14.1. The van der Waals surface area contributed by atoms with E-state index in [1.54, 1.807) is 56.4 Å². The molecular weight excluding hydrogens is 609 g/mol. The SMILES string of the molecule is COC(F)C(C)c1ccc(-c2cnc(N(C)C)nc2CN2C(=O)OC(c3cc(C(F)(F)F)cc(C(F)(F)F)c3)C23CCC3)cc1. The number of nitrogens with zero attached hydrogens (tertiary/aromatic N) is 4. The average molecular weight is 641 g/mol. The number of ether oxygens (including phenoxy) is 2. The van der Waals surface area contributed by atoms with E-state index < -0.39 is 53.5 Å². The van der Waals surface area contributed by atoms with Crippen molar-refractivity contribution in [2.45, 2.75) is 69.0 Å². The van der Waals surface area contributed by atoms with E-state index in [0.29, 0.717) is 59.7 Å². The summed E-state index contributed by atoms with van der Waals surface area (Å²) in [5.41, 5.74) is -2.26. The van der Waals surface area contributed by atoms with E-state index in [1.807, 2.05) is 0 Å². The predicted molar refractivity (Wildman–Crippen MR) is 150 cm³/mol. The molecule has 1 saturated carbocycles. The number of amides is 1. The van der Waals surface area contributed by atoms with Crippen molar-refractivity contribution >= 4 is 12.0 Å². The Labute approximate surface area is 255 Å². The molecule has 1 aliphatic carbocycles. The second-order valence-corrected chi connectivity index (χ2v) is 11.6. The Kier molecular flexibility index (Phi) is 8.49. The number of hydrogen-bond acceptors (Lipinski definition) is 6. The fraction of sp³-hybridized carbons (Fsp3) is 0.452. The molecule has 14 heteroatoms. The van der Waals surface area contributed by atoms with Crippen LogP contribution in [0.1, 0.15) is 66.2 Å². The highest BCUT2D eigenvalue weighted by atomic mass is 19.4.